The van der Waals surface area contributed by atoms with Crippen LogP contribution in [0.15, 0.2) is 40.7 Å². The van der Waals surface area contributed by atoms with E-state index in [1.165, 1.54) is 28.5 Å². The number of hydrogen-bond acceptors (Lipinski definition) is 6. The molecule has 2 heterocycles. The molecule has 3 rings (SSSR count). The highest BCUT2D eigenvalue weighted by atomic mass is 32.2. The largest absolute Gasteiger partial charge is 0.465 e. The predicted octanol–water partition coefficient (Wildman–Crippen LogP) is 3.16. The fourth-order valence-electron chi connectivity index (χ4n) is 3.28. The Morgan fingerprint density at radius 1 is 1.32 bits per heavy atom. The van der Waals surface area contributed by atoms with Crippen LogP contribution in [0.3, 0.4) is 0 Å². The summed E-state index contributed by atoms with van der Waals surface area (Å²) in [5.41, 5.74) is 0.508. The molecule has 1 amide bonds. The number of anilines is 2. The molecule has 1 aromatic heterocycles. The van der Waals surface area contributed by atoms with E-state index in [0.29, 0.717) is 24.8 Å². The second-order valence-corrected chi connectivity index (χ2v) is 10.3. The summed E-state index contributed by atoms with van der Waals surface area (Å²) in [6, 6.07) is 6.49. The molecule has 0 saturated carbocycles. The van der Waals surface area contributed by atoms with Gasteiger partial charge in [0.15, 0.2) is 5.13 Å². The van der Waals surface area contributed by atoms with Crippen LogP contribution < -0.4 is 9.62 Å². The van der Waals surface area contributed by atoms with Gasteiger partial charge in [0.1, 0.15) is 0 Å². The molecular formula is C18H24N4O4S2. The highest BCUT2D eigenvalue weighted by Crippen LogP contribution is 2.31. The SMILES string of the molecule is CC(C)(C)C1CN(c2cccc(S(=O)(=O)Nc3nccs3)c2)CCN1C(=O)O. The summed E-state index contributed by atoms with van der Waals surface area (Å²) in [6.07, 6.45) is 0.608. The molecule has 8 nitrogen and oxygen atoms in total. The molecule has 1 saturated heterocycles. The zero-order valence-corrected chi connectivity index (χ0v) is 17.6. The zero-order chi connectivity index (χ0) is 20.5. The van der Waals surface area contributed by atoms with E-state index in [1.54, 1.807) is 17.5 Å². The topological polar surface area (TPSA) is 103 Å². The number of rotatable bonds is 4. The van der Waals surface area contributed by atoms with Crippen LogP contribution in [0.1, 0.15) is 20.8 Å². The van der Waals surface area contributed by atoms with Gasteiger partial charge in [0.05, 0.1) is 10.9 Å². The highest BCUT2D eigenvalue weighted by molar-refractivity contribution is 7.93. The summed E-state index contributed by atoms with van der Waals surface area (Å²) in [7, 11) is -3.74. The van der Waals surface area contributed by atoms with E-state index in [4.69, 9.17) is 0 Å². The monoisotopic (exact) mass is 424 g/mol. The summed E-state index contributed by atoms with van der Waals surface area (Å²) < 4.78 is 27.8. The zero-order valence-electron chi connectivity index (χ0n) is 16.0. The maximum atomic E-state index is 12.7. The van der Waals surface area contributed by atoms with Crippen LogP contribution in [0, 0.1) is 5.41 Å². The van der Waals surface area contributed by atoms with Crippen molar-refractivity contribution in [3.05, 3.63) is 35.8 Å². The van der Waals surface area contributed by atoms with Gasteiger partial charge in [-0.15, -0.1) is 11.3 Å². The van der Waals surface area contributed by atoms with Gasteiger partial charge in [-0.25, -0.2) is 18.2 Å². The van der Waals surface area contributed by atoms with E-state index < -0.39 is 16.1 Å². The first-order valence-electron chi connectivity index (χ1n) is 8.85. The first kappa shape index (κ1) is 20.4. The van der Waals surface area contributed by atoms with Gasteiger partial charge >= 0.3 is 6.09 Å². The van der Waals surface area contributed by atoms with E-state index >= 15 is 0 Å². The van der Waals surface area contributed by atoms with Crippen LogP contribution >= 0.6 is 11.3 Å². The molecule has 0 spiro atoms. The summed E-state index contributed by atoms with van der Waals surface area (Å²) >= 11 is 1.21. The molecule has 1 aliphatic heterocycles. The fourth-order valence-corrected chi connectivity index (χ4v) is 5.11. The lowest BCUT2D eigenvalue weighted by atomic mass is 9.84. The van der Waals surface area contributed by atoms with Gasteiger partial charge in [0, 0.05) is 36.9 Å². The summed E-state index contributed by atoms with van der Waals surface area (Å²) in [6.45, 7) is 7.40. The van der Waals surface area contributed by atoms with Crippen LogP contribution in [0.2, 0.25) is 0 Å². The first-order chi connectivity index (χ1) is 13.1. The Hall–Kier alpha value is -2.33. The maximum Gasteiger partial charge on any atom is 0.407 e. The third kappa shape index (κ3) is 4.39. The number of sulfonamides is 1. The minimum Gasteiger partial charge on any atom is -0.465 e. The molecular weight excluding hydrogens is 400 g/mol. The van der Waals surface area contributed by atoms with Crippen LogP contribution in [0.5, 0.6) is 0 Å². The lowest BCUT2D eigenvalue weighted by molar-refractivity contribution is 0.0748. The van der Waals surface area contributed by atoms with Gasteiger partial charge in [-0.3, -0.25) is 4.72 Å². The number of nitrogens with one attached hydrogen (secondary N) is 1. The lowest BCUT2D eigenvalue weighted by Gasteiger charge is -2.46. The second-order valence-electron chi connectivity index (χ2n) is 7.74. The van der Waals surface area contributed by atoms with Crippen molar-refractivity contribution in [3.8, 4) is 0 Å². The van der Waals surface area contributed by atoms with Crippen molar-refractivity contribution in [3.63, 3.8) is 0 Å². The molecule has 2 aromatic rings. The molecule has 152 valence electrons. The summed E-state index contributed by atoms with van der Waals surface area (Å²) in [4.78, 5) is 19.2. The van der Waals surface area contributed by atoms with Crippen molar-refractivity contribution in [1.82, 2.24) is 9.88 Å². The summed E-state index contributed by atoms with van der Waals surface area (Å²) in [5.74, 6) is 0. The molecule has 1 atom stereocenters. The second kappa shape index (κ2) is 7.59. The normalized spacial score (nSPS) is 18.2. The van der Waals surface area contributed by atoms with Crippen molar-refractivity contribution in [2.45, 2.75) is 31.7 Å². The Labute approximate surface area is 168 Å². The van der Waals surface area contributed by atoms with Crippen molar-refractivity contribution >= 4 is 38.3 Å². The van der Waals surface area contributed by atoms with E-state index in [9.17, 15) is 18.3 Å². The number of nitrogens with zero attached hydrogens (tertiary/aromatic N) is 3. The molecule has 10 heteroatoms. The van der Waals surface area contributed by atoms with Crippen LogP contribution in [-0.2, 0) is 10.0 Å². The van der Waals surface area contributed by atoms with E-state index in [2.05, 4.69) is 9.71 Å². The fraction of sp³-hybridized carbons (Fsp3) is 0.444. The molecule has 1 aromatic carbocycles. The number of benzene rings is 1. The van der Waals surface area contributed by atoms with E-state index in [-0.39, 0.29) is 16.4 Å². The predicted molar refractivity (Wildman–Crippen MR) is 110 cm³/mol. The van der Waals surface area contributed by atoms with Gasteiger partial charge < -0.3 is 14.9 Å². The molecule has 0 bridgehead atoms. The average Bonchev–Trinajstić information content (AvgIpc) is 3.13. The number of amides is 1. The minimum atomic E-state index is -3.74. The van der Waals surface area contributed by atoms with E-state index in [1.807, 2.05) is 31.7 Å². The smallest absolute Gasteiger partial charge is 0.407 e. The number of carbonyl (C=O) groups is 1. The third-order valence-electron chi connectivity index (χ3n) is 4.77. The molecule has 2 N–H and O–H groups in total. The lowest BCUT2D eigenvalue weighted by Crippen LogP contribution is -2.59. The summed E-state index contributed by atoms with van der Waals surface area (Å²) in [5, 5.41) is 11.5. The van der Waals surface area contributed by atoms with E-state index in [0.717, 1.165) is 5.69 Å². The van der Waals surface area contributed by atoms with Crippen molar-refractivity contribution in [1.29, 1.82) is 0 Å². The average molecular weight is 425 g/mol. The Morgan fingerprint density at radius 3 is 2.68 bits per heavy atom. The van der Waals surface area contributed by atoms with Crippen LogP contribution in [0.25, 0.3) is 0 Å². The highest BCUT2D eigenvalue weighted by Gasteiger charge is 2.38. The quantitative estimate of drug-likeness (QED) is 0.782. The molecule has 1 unspecified atom stereocenters. The Kier molecular flexibility index (Phi) is 5.53. The Morgan fingerprint density at radius 2 is 2.07 bits per heavy atom. The third-order valence-corrected chi connectivity index (χ3v) is 6.93. The number of carboxylic acid groups (broad SMARTS) is 1. The Bertz CT molecular complexity index is 939. The number of aromatic nitrogens is 1. The van der Waals surface area contributed by atoms with Gasteiger partial charge in [0.2, 0.25) is 0 Å². The van der Waals surface area contributed by atoms with Crippen LogP contribution in [0.4, 0.5) is 15.6 Å². The van der Waals surface area contributed by atoms with Gasteiger partial charge in [-0.1, -0.05) is 26.8 Å². The van der Waals surface area contributed by atoms with Crippen molar-refractivity contribution in [2.75, 3.05) is 29.3 Å². The van der Waals surface area contributed by atoms with Gasteiger partial charge in [-0.2, -0.15) is 0 Å². The molecule has 0 aliphatic carbocycles. The van der Waals surface area contributed by atoms with Crippen LogP contribution in [-0.4, -0.2) is 55.2 Å². The minimum absolute atomic E-state index is 0.146. The van der Waals surface area contributed by atoms with Gasteiger partial charge in [-0.05, 0) is 23.6 Å². The Balaban J connectivity index is 1.85. The number of piperazine rings is 1. The molecule has 1 fully saturated rings. The molecule has 28 heavy (non-hydrogen) atoms. The number of thiazole rings is 1. The first-order valence-corrected chi connectivity index (χ1v) is 11.2. The standard InChI is InChI=1S/C18H24N4O4S2/c1-18(2,3)15-12-21(8-9-22(15)17(23)24)13-5-4-6-14(11-13)28(25,26)20-16-19-7-10-27-16/h4-7,10-11,15H,8-9,12H2,1-3H3,(H,19,20)(H,23,24). The molecule has 1 aliphatic rings. The number of hydrogen-bond donors (Lipinski definition) is 2. The molecule has 0 radical (unpaired) electrons. The maximum absolute atomic E-state index is 12.7. The van der Waals surface area contributed by atoms with Crippen molar-refractivity contribution in [2.24, 2.45) is 5.41 Å². The van der Waals surface area contributed by atoms with Crippen molar-refractivity contribution < 1.29 is 18.3 Å². The van der Waals surface area contributed by atoms with Gasteiger partial charge in [0.25, 0.3) is 10.0 Å².